The number of carbonyl (C=O) groups excluding carboxylic acids is 1. The van der Waals surface area contributed by atoms with Crippen molar-refractivity contribution in [3.05, 3.63) is 16.4 Å². The molecule has 20 heavy (non-hydrogen) atoms. The first-order chi connectivity index (χ1) is 9.41. The number of hydrogen-bond acceptors (Lipinski definition) is 4. The van der Waals surface area contributed by atoms with Crippen LogP contribution in [0, 0.1) is 12.8 Å². The largest absolute Gasteiger partial charge is 0.351 e. The van der Waals surface area contributed by atoms with Crippen LogP contribution in [0.2, 0.25) is 0 Å². The maximum atomic E-state index is 12.2. The van der Waals surface area contributed by atoms with Crippen molar-refractivity contribution < 1.29 is 4.79 Å². The Labute approximate surface area is 123 Å². The summed E-state index contributed by atoms with van der Waals surface area (Å²) in [5.41, 5.74) is 0.931. The smallest absolute Gasteiger partial charge is 0.263 e. The van der Waals surface area contributed by atoms with E-state index in [1.165, 1.54) is 11.3 Å². The van der Waals surface area contributed by atoms with Gasteiger partial charge in [-0.1, -0.05) is 39.0 Å². The Bertz CT molecular complexity index is 612. The van der Waals surface area contributed by atoms with Crippen LogP contribution in [0.3, 0.4) is 0 Å². The van der Waals surface area contributed by atoms with Crippen molar-refractivity contribution >= 4 is 22.2 Å². The molecule has 110 valence electrons. The molecule has 0 aliphatic carbocycles. The topological polar surface area (TPSA) is 59.3 Å². The zero-order chi connectivity index (χ0) is 14.9. The average Bonchev–Trinajstić information content (AvgIpc) is 2.89. The minimum atomic E-state index is -0.00615. The normalized spacial score (nSPS) is 11.8. The van der Waals surface area contributed by atoms with E-state index in [0.29, 0.717) is 12.5 Å². The van der Waals surface area contributed by atoms with Gasteiger partial charge < -0.3 is 5.32 Å². The van der Waals surface area contributed by atoms with Crippen LogP contribution in [-0.2, 0) is 0 Å². The lowest BCUT2D eigenvalue weighted by Gasteiger charge is -2.07. The number of rotatable bonds is 5. The lowest BCUT2D eigenvalue weighted by molar-refractivity contribution is 0.0955. The summed E-state index contributed by atoms with van der Waals surface area (Å²) in [5, 5.41) is 11.3. The van der Waals surface area contributed by atoms with E-state index in [1.807, 2.05) is 11.3 Å². The van der Waals surface area contributed by atoms with E-state index in [2.05, 4.69) is 43.2 Å². The van der Waals surface area contributed by atoms with Crippen molar-refractivity contribution in [3.63, 3.8) is 0 Å². The molecule has 2 aromatic rings. The van der Waals surface area contributed by atoms with Crippen LogP contribution < -0.4 is 5.32 Å². The number of fused-ring (bicyclic) bond motifs is 1. The van der Waals surface area contributed by atoms with Gasteiger partial charge in [0.25, 0.3) is 5.91 Å². The number of amides is 1. The Morgan fingerprint density at radius 1 is 1.30 bits per heavy atom. The van der Waals surface area contributed by atoms with Crippen molar-refractivity contribution in [2.45, 2.75) is 47.0 Å². The summed E-state index contributed by atoms with van der Waals surface area (Å²) in [6, 6.07) is 0. The molecule has 5 nitrogen and oxygen atoms in total. The number of nitrogens with one attached hydrogen (secondary N) is 1. The van der Waals surface area contributed by atoms with Gasteiger partial charge in [0.15, 0.2) is 0 Å². The minimum Gasteiger partial charge on any atom is -0.351 e. The van der Waals surface area contributed by atoms with Gasteiger partial charge in [-0.15, -0.1) is 10.2 Å². The number of hydrogen-bond donors (Lipinski definition) is 1. The van der Waals surface area contributed by atoms with Gasteiger partial charge in [-0.3, -0.25) is 9.20 Å². The molecule has 0 saturated carbocycles. The first-order valence-corrected chi connectivity index (χ1v) is 7.86. The highest BCUT2D eigenvalue weighted by Gasteiger charge is 2.20. The minimum absolute atomic E-state index is 0.00615. The van der Waals surface area contributed by atoms with E-state index < -0.39 is 0 Å². The van der Waals surface area contributed by atoms with E-state index in [-0.39, 0.29) is 11.8 Å². The summed E-state index contributed by atoms with van der Waals surface area (Å²) < 4.78 is 1.99. The van der Waals surface area contributed by atoms with E-state index in [9.17, 15) is 4.79 Å². The molecule has 2 heterocycles. The van der Waals surface area contributed by atoms with Crippen LogP contribution >= 0.6 is 11.3 Å². The summed E-state index contributed by atoms with van der Waals surface area (Å²) >= 11 is 1.41. The summed E-state index contributed by atoms with van der Waals surface area (Å²) in [7, 11) is 0. The van der Waals surface area contributed by atoms with Gasteiger partial charge >= 0.3 is 0 Å². The average molecular weight is 294 g/mol. The SMILES string of the molecule is Cc1c(C(=O)NCCC(C)C)sc2nnc(C(C)C)n12. The predicted molar refractivity (Wildman–Crippen MR) is 81.5 cm³/mol. The van der Waals surface area contributed by atoms with Crippen molar-refractivity contribution in [1.29, 1.82) is 0 Å². The zero-order valence-corrected chi connectivity index (χ0v) is 13.5. The van der Waals surface area contributed by atoms with Crippen LogP contribution in [0.15, 0.2) is 0 Å². The summed E-state index contributed by atoms with van der Waals surface area (Å²) in [6.07, 6.45) is 0.992. The predicted octanol–water partition coefficient (Wildman–Crippen LogP) is 3.00. The van der Waals surface area contributed by atoms with E-state index in [1.54, 1.807) is 0 Å². The highest BCUT2D eigenvalue weighted by Crippen LogP contribution is 2.25. The third-order valence-electron chi connectivity index (χ3n) is 3.25. The molecule has 1 N–H and O–H groups in total. The molecule has 6 heteroatoms. The molecule has 1 amide bonds. The highest BCUT2D eigenvalue weighted by molar-refractivity contribution is 7.19. The Hall–Kier alpha value is -1.43. The number of thiazole rings is 1. The summed E-state index contributed by atoms with van der Waals surface area (Å²) in [6.45, 7) is 11.1. The first kappa shape index (κ1) is 15.0. The van der Waals surface area contributed by atoms with Crippen LogP contribution in [-0.4, -0.2) is 27.0 Å². The molecule has 0 saturated heterocycles. The first-order valence-electron chi connectivity index (χ1n) is 7.04. The lowest BCUT2D eigenvalue weighted by Crippen LogP contribution is -2.25. The second kappa shape index (κ2) is 5.91. The van der Waals surface area contributed by atoms with Crippen molar-refractivity contribution in [3.8, 4) is 0 Å². The van der Waals surface area contributed by atoms with Gasteiger partial charge in [-0.2, -0.15) is 0 Å². The molecule has 0 aliphatic rings. The van der Waals surface area contributed by atoms with Crippen LogP contribution in [0.25, 0.3) is 4.96 Å². The highest BCUT2D eigenvalue weighted by atomic mass is 32.1. The molecule has 0 atom stereocenters. The van der Waals surface area contributed by atoms with Gasteiger partial charge in [0.05, 0.1) is 0 Å². The Morgan fingerprint density at radius 3 is 2.60 bits per heavy atom. The van der Waals surface area contributed by atoms with Crippen molar-refractivity contribution in [1.82, 2.24) is 19.9 Å². The number of nitrogens with zero attached hydrogens (tertiary/aromatic N) is 3. The molecule has 0 bridgehead atoms. The third-order valence-corrected chi connectivity index (χ3v) is 4.38. The molecule has 0 aliphatic heterocycles. The van der Waals surface area contributed by atoms with Crippen LogP contribution in [0.4, 0.5) is 0 Å². The molecule has 0 fully saturated rings. The van der Waals surface area contributed by atoms with Crippen LogP contribution in [0.5, 0.6) is 0 Å². The summed E-state index contributed by atoms with van der Waals surface area (Å²) in [5.74, 6) is 1.78. The molecular formula is C14H22N4OS. The number of aromatic nitrogens is 3. The van der Waals surface area contributed by atoms with E-state index in [4.69, 9.17) is 0 Å². The number of aryl methyl sites for hydroxylation is 1. The number of carbonyl (C=O) groups is 1. The Kier molecular flexibility index (Phi) is 4.42. The molecule has 2 aromatic heterocycles. The fraction of sp³-hybridized carbons (Fsp3) is 0.643. The lowest BCUT2D eigenvalue weighted by atomic mass is 10.1. The van der Waals surface area contributed by atoms with Gasteiger partial charge in [-0.25, -0.2) is 0 Å². The van der Waals surface area contributed by atoms with Gasteiger partial charge in [0.2, 0.25) is 4.96 Å². The molecule has 0 spiro atoms. The fourth-order valence-corrected chi connectivity index (χ4v) is 3.06. The molecule has 2 rings (SSSR count). The second-order valence-corrected chi connectivity index (χ2v) is 6.76. The van der Waals surface area contributed by atoms with Gasteiger partial charge in [-0.05, 0) is 19.3 Å². The second-order valence-electron chi connectivity index (χ2n) is 5.79. The van der Waals surface area contributed by atoms with E-state index >= 15 is 0 Å². The maximum Gasteiger partial charge on any atom is 0.263 e. The Morgan fingerprint density at radius 2 is 2.00 bits per heavy atom. The van der Waals surface area contributed by atoms with E-state index in [0.717, 1.165) is 27.8 Å². The standard InChI is InChI=1S/C14H22N4OS/c1-8(2)6-7-15-13(19)11-10(5)18-12(9(3)4)16-17-14(18)20-11/h8-9H,6-7H2,1-5H3,(H,15,19). The monoisotopic (exact) mass is 294 g/mol. The quantitative estimate of drug-likeness (QED) is 0.922. The van der Waals surface area contributed by atoms with Gasteiger partial charge in [0, 0.05) is 18.2 Å². The van der Waals surface area contributed by atoms with Crippen molar-refractivity contribution in [2.75, 3.05) is 6.54 Å². The molecule has 0 radical (unpaired) electrons. The van der Waals surface area contributed by atoms with Crippen molar-refractivity contribution in [2.24, 2.45) is 5.92 Å². The molecule has 0 aromatic carbocycles. The molecule has 0 unspecified atom stereocenters. The van der Waals surface area contributed by atoms with Gasteiger partial charge in [0.1, 0.15) is 10.7 Å². The molecular weight excluding hydrogens is 272 g/mol. The fourth-order valence-electron chi connectivity index (χ4n) is 2.07. The maximum absolute atomic E-state index is 12.2. The van der Waals surface area contributed by atoms with Crippen LogP contribution in [0.1, 0.15) is 61.2 Å². The summed E-state index contributed by atoms with van der Waals surface area (Å²) in [4.78, 5) is 13.8. The Balaban J connectivity index is 2.22. The third kappa shape index (κ3) is 2.85. The zero-order valence-electron chi connectivity index (χ0n) is 12.7.